The van der Waals surface area contributed by atoms with E-state index in [0.717, 1.165) is 18.6 Å². The summed E-state index contributed by atoms with van der Waals surface area (Å²) in [5.74, 6) is 1.06. The van der Waals surface area contributed by atoms with Gasteiger partial charge in [0.25, 0.3) is 0 Å². The second-order valence-corrected chi connectivity index (χ2v) is 5.75. The fraction of sp³-hybridized carbons (Fsp3) is 0.267. The molecule has 1 aromatic rings. The molecule has 2 aliphatic heterocycles. The van der Waals surface area contributed by atoms with Crippen molar-refractivity contribution in [1.82, 2.24) is 0 Å². The maximum Gasteiger partial charge on any atom is 0.0309 e. The first kappa shape index (κ1) is 10.8. The summed E-state index contributed by atoms with van der Waals surface area (Å²) in [6.07, 6.45) is 4.04. The first-order chi connectivity index (χ1) is 8.22. The van der Waals surface area contributed by atoms with Crippen molar-refractivity contribution in [1.29, 1.82) is 0 Å². The summed E-state index contributed by atoms with van der Waals surface area (Å²) in [5, 5.41) is 0. The van der Waals surface area contributed by atoms with Crippen LogP contribution in [0.4, 0.5) is 0 Å². The van der Waals surface area contributed by atoms with Gasteiger partial charge >= 0.3 is 0 Å². The summed E-state index contributed by atoms with van der Waals surface area (Å²) >= 11 is 1.91. The molecule has 86 valence electrons. The van der Waals surface area contributed by atoms with Crippen molar-refractivity contribution in [2.24, 2.45) is 4.99 Å². The van der Waals surface area contributed by atoms with Crippen LogP contribution in [0.25, 0.3) is 5.57 Å². The summed E-state index contributed by atoms with van der Waals surface area (Å²) in [6.45, 7) is 6.16. The minimum Gasteiger partial charge on any atom is -0.265 e. The molecule has 0 bridgehead atoms. The lowest BCUT2D eigenvalue weighted by Gasteiger charge is -2.18. The van der Waals surface area contributed by atoms with Crippen LogP contribution in [-0.4, -0.2) is 11.5 Å². The second kappa shape index (κ2) is 4.19. The minimum absolute atomic E-state index is 0.996. The molecule has 3 rings (SSSR count). The van der Waals surface area contributed by atoms with E-state index in [1.54, 1.807) is 0 Å². The van der Waals surface area contributed by atoms with Crippen LogP contribution in [0.5, 0.6) is 0 Å². The maximum absolute atomic E-state index is 4.35. The number of aliphatic imine (C=N–C) groups is 1. The van der Waals surface area contributed by atoms with Crippen LogP contribution in [0.1, 0.15) is 24.5 Å². The zero-order valence-corrected chi connectivity index (χ0v) is 10.8. The van der Waals surface area contributed by atoms with E-state index in [9.17, 15) is 0 Å². The Balaban J connectivity index is 1.92. The molecule has 0 radical (unpaired) electrons. The Morgan fingerprint density at radius 1 is 1.29 bits per heavy atom. The third kappa shape index (κ3) is 2.09. The first-order valence-electron chi connectivity index (χ1n) is 5.87. The molecule has 2 heteroatoms. The Kier molecular flexibility index (Phi) is 2.67. The van der Waals surface area contributed by atoms with Gasteiger partial charge in [0.2, 0.25) is 0 Å². The molecule has 0 spiro atoms. The Morgan fingerprint density at radius 3 is 2.94 bits per heavy atom. The van der Waals surface area contributed by atoms with E-state index in [2.05, 4.69) is 36.7 Å². The van der Waals surface area contributed by atoms with Gasteiger partial charge in [-0.1, -0.05) is 24.3 Å². The molecule has 0 amide bonds. The van der Waals surface area contributed by atoms with Crippen molar-refractivity contribution in [2.45, 2.75) is 24.7 Å². The van der Waals surface area contributed by atoms with Crippen molar-refractivity contribution in [3.63, 3.8) is 0 Å². The number of thioether (sulfide) groups is 1. The minimum atomic E-state index is 0.996. The summed E-state index contributed by atoms with van der Waals surface area (Å²) in [6, 6.07) is 6.78. The lowest BCUT2D eigenvalue weighted by molar-refractivity contribution is 1.08. The SMILES string of the molecule is C=C1CSc2cc(C3=CN=C(C)C3)ccc2C1. The van der Waals surface area contributed by atoms with Crippen LogP contribution in [0.15, 0.2) is 46.4 Å². The molecule has 0 aromatic heterocycles. The van der Waals surface area contributed by atoms with Gasteiger partial charge in [-0.15, -0.1) is 11.8 Å². The third-order valence-electron chi connectivity index (χ3n) is 3.20. The molecule has 0 atom stereocenters. The fourth-order valence-electron chi connectivity index (χ4n) is 2.27. The number of benzene rings is 1. The number of allylic oxidation sites excluding steroid dienone is 1. The average molecular weight is 241 g/mol. The largest absolute Gasteiger partial charge is 0.265 e. The van der Waals surface area contributed by atoms with Crippen molar-refractivity contribution in [3.8, 4) is 0 Å². The number of fused-ring (bicyclic) bond motifs is 1. The van der Waals surface area contributed by atoms with Gasteiger partial charge in [-0.2, -0.15) is 0 Å². The van der Waals surface area contributed by atoms with Gasteiger partial charge in [0.15, 0.2) is 0 Å². The number of hydrogen-bond acceptors (Lipinski definition) is 2. The molecule has 1 aromatic carbocycles. The molecule has 0 N–H and O–H groups in total. The summed E-state index contributed by atoms with van der Waals surface area (Å²) < 4.78 is 0. The quantitative estimate of drug-likeness (QED) is 0.674. The second-order valence-electron chi connectivity index (χ2n) is 4.73. The Morgan fingerprint density at radius 2 is 2.18 bits per heavy atom. The summed E-state index contributed by atoms with van der Waals surface area (Å²) in [7, 11) is 0. The molecule has 0 aliphatic carbocycles. The van der Waals surface area contributed by atoms with Crippen molar-refractivity contribution >= 4 is 23.0 Å². The lowest BCUT2D eigenvalue weighted by atomic mass is 9.99. The highest BCUT2D eigenvalue weighted by molar-refractivity contribution is 7.99. The van der Waals surface area contributed by atoms with E-state index >= 15 is 0 Å². The Hall–Kier alpha value is -1.28. The fourth-order valence-corrected chi connectivity index (χ4v) is 3.26. The molecule has 0 fully saturated rings. The lowest BCUT2D eigenvalue weighted by Crippen LogP contribution is -2.02. The van der Waals surface area contributed by atoms with E-state index in [1.165, 1.54) is 32.9 Å². The first-order valence-corrected chi connectivity index (χ1v) is 6.86. The van der Waals surface area contributed by atoms with Crippen LogP contribution < -0.4 is 0 Å². The van der Waals surface area contributed by atoms with Gasteiger partial charge < -0.3 is 0 Å². The molecule has 2 aliphatic rings. The molecule has 17 heavy (non-hydrogen) atoms. The zero-order chi connectivity index (χ0) is 11.8. The third-order valence-corrected chi connectivity index (χ3v) is 4.44. The van der Waals surface area contributed by atoms with Gasteiger partial charge in [-0.3, -0.25) is 4.99 Å². The van der Waals surface area contributed by atoms with Gasteiger partial charge in [0.1, 0.15) is 0 Å². The Bertz CT molecular complexity index is 552. The van der Waals surface area contributed by atoms with Gasteiger partial charge in [-0.05, 0) is 36.1 Å². The van der Waals surface area contributed by atoms with Gasteiger partial charge in [0, 0.05) is 29.0 Å². The molecule has 0 saturated heterocycles. The van der Waals surface area contributed by atoms with Crippen LogP contribution in [0.2, 0.25) is 0 Å². The molecule has 2 heterocycles. The Labute approximate surface area is 106 Å². The summed E-state index contributed by atoms with van der Waals surface area (Å²) in [5.41, 5.74) is 6.62. The van der Waals surface area contributed by atoms with Gasteiger partial charge in [-0.25, -0.2) is 0 Å². The highest BCUT2D eigenvalue weighted by atomic mass is 32.2. The smallest absolute Gasteiger partial charge is 0.0309 e. The summed E-state index contributed by atoms with van der Waals surface area (Å²) in [4.78, 5) is 5.77. The van der Waals surface area contributed by atoms with E-state index in [4.69, 9.17) is 0 Å². The van der Waals surface area contributed by atoms with Crippen LogP contribution in [0, 0.1) is 0 Å². The highest BCUT2D eigenvalue weighted by Gasteiger charge is 2.15. The van der Waals surface area contributed by atoms with Crippen LogP contribution in [0.3, 0.4) is 0 Å². The zero-order valence-electron chi connectivity index (χ0n) is 9.99. The molecular formula is C15H15NS. The van der Waals surface area contributed by atoms with Crippen molar-refractivity contribution < 1.29 is 0 Å². The predicted octanol–water partition coefficient (Wildman–Crippen LogP) is 4.10. The maximum atomic E-state index is 4.35. The molecule has 1 nitrogen and oxygen atoms in total. The predicted molar refractivity (Wildman–Crippen MR) is 75.7 cm³/mol. The van der Waals surface area contributed by atoms with Crippen LogP contribution >= 0.6 is 11.8 Å². The normalized spacial score (nSPS) is 18.8. The monoisotopic (exact) mass is 241 g/mol. The van der Waals surface area contributed by atoms with E-state index < -0.39 is 0 Å². The molecule has 0 saturated carbocycles. The molecular weight excluding hydrogens is 226 g/mol. The van der Waals surface area contributed by atoms with E-state index in [1.807, 2.05) is 18.0 Å². The van der Waals surface area contributed by atoms with E-state index in [-0.39, 0.29) is 0 Å². The standard InChI is InChI=1S/C15H15NS/c1-10-5-13-4-3-12(7-15(13)17-9-10)14-6-11(2)16-8-14/h3-4,7-8H,1,5-6,9H2,2H3. The van der Waals surface area contributed by atoms with Crippen molar-refractivity contribution in [2.75, 3.05) is 5.75 Å². The van der Waals surface area contributed by atoms with E-state index in [0.29, 0.717) is 0 Å². The van der Waals surface area contributed by atoms with Crippen molar-refractivity contribution in [3.05, 3.63) is 47.7 Å². The number of rotatable bonds is 1. The van der Waals surface area contributed by atoms with Crippen LogP contribution in [-0.2, 0) is 6.42 Å². The highest BCUT2D eigenvalue weighted by Crippen LogP contribution is 2.35. The number of nitrogens with zero attached hydrogens (tertiary/aromatic N) is 1. The average Bonchev–Trinajstić information content (AvgIpc) is 2.75. The number of hydrogen-bond donors (Lipinski definition) is 0. The topological polar surface area (TPSA) is 12.4 Å². The molecule has 0 unspecified atom stereocenters. The van der Waals surface area contributed by atoms with Gasteiger partial charge in [0.05, 0.1) is 0 Å².